The average molecular weight is 211 g/mol. The molecular weight excluding hydrogens is 190 g/mol. The van der Waals surface area contributed by atoms with Crippen LogP contribution in [0.1, 0.15) is 38.5 Å². The maximum absolute atomic E-state index is 9.75. The van der Waals surface area contributed by atoms with Crippen LogP contribution in [-0.4, -0.2) is 29.8 Å². The van der Waals surface area contributed by atoms with E-state index in [2.05, 4.69) is 10.3 Å². The molecule has 2 aliphatic rings. The maximum Gasteiger partial charge on any atom is 0.188 e. The summed E-state index contributed by atoms with van der Waals surface area (Å²) in [7, 11) is 0. The second-order valence-electron chi connectivity index (χ2n) is 4.76. The standard InChI is InChI=1S/C11H21N3O/c12-11(14-9-5-6-9)13-7-8-3-1-2-4-10(8)15/h8-10,15H,1-7H2,(H3,12,13,14). The molecule has 15 heavy (non-hydrogen) atoms. The number of nitrogens with one attached hydrogen (secondary N) is 1. The molecular formula is C11H21N3O. The van der Waals surface area contributed by atoms with Crippen molar-refractivity contribution in [3.05, 3.63) is 0 Å². The van der Waals surface area contributed by atoms with E-state index in [1.165, 1.54) is 19.3 Å². The van der Waals surface area contributed by atoms with Crippen LogP contribution >= 0.6 is 0 Å². The van der Waals surface area contributed by atoms with E-state index in [9.17, 15) is 5.11 Å². The molecule has 0 aliphatic heterocycles. The lowest BCUT2D eigenvalue weighted by Gasteiger charge is -2.26. The fourth-order valence-electron chi connectivity index (χ4n) is 2.10. The molecule has 4 N–H and O–H groups in total. The lowest BCUT2D eigenvalue weighted by Crippen LogP contribution is -2.35. The summed E-state index contributed by atoms with van der Waals surface area (Å²) in [4.78, 5) is 4.30. The zero-order valence-electron chi connectivity index (χ0n) is 9.15. The highest BCUT2D eigenvalue weighted by molar-refractivity contribution is 5.78. The fraction of sp³-hybridized carbons (Fsp3) is 0.909. The van der Waals surface area contributed by atoms with Crippen LogP contribution in [0.25, 0.3) is 0 Å². The molecule has 0 aromatic carbocycles. The minimum atomic E-state index is -0.170. The summed E-state index contributed by atoms with van der Waals surface area (Å²) in [6.45, 7) is 0.673. The zero-order valence-corrected chi connectivity index (χ0v) is 9.15. The Balaban J connectivity index is 1.74. The van der Waals surface area contributed by atoms with Crippen molar-refractivity contribution in [3.63, 3.8) is 0 Å². The van der Waals surface area contributed by atoms with E-state index in [0.717, 1.165) is 19.3 Å². The topological polar surface area (TPSA) is 70.6 Å². The summed E-state index contributed by atoms with van der Waals surface area (Å²) in [6, 6.07) is 0.560. The number of guanidine groups is 1. The van der Waals surface area contributed by atoms with Crippen LogP contribution in [-0.2, 0) is 0 Å². The molecule has 0 aromatic rings. The highest BCUT2D eigenvalue weighted by Gasteiger charge is 2.24. The molecule has 0 amide bonds. The van der Waals surface area contributed by atoms with Gasteiger partial charge >= 0.3 is 0 Å². The Hall–Kier alpha value is -0.770. The largest absolute Gasteiger partial charge is 0.393 e. The fourth-order valence-corrected chi connectivity index (χ4v) is 2.10. The van der Waals surface area contributed by atoms with E-state index in [-0.39, 0.29) is 6.10 Å². The van der Waals surface area contributed by atoms with Crippen molar-refractivity contribution in [2.24, 2.45) is 16.6 Å². The normalized spacial score (nSPS) is 32.7. The van der Waals surface area contributed by atoms with Gasteiger partial charge in [0.25, 0.3) is 0 Å². The van der Waals surface area contributed by atoms with Crippen molar-refractivity contribution in [2.75, 3.05) is 6.54 Å². The first kappa shape index (κ1) is 10.7. The van der Waals surface area contributed by atoms with Gasteiger partial charge in [-0.15, -0.1) is 0 Å². The molecule has 0 aromatic heterocycles. The van der Waals surface area contributed by atoms with Crippen LogP contribution in [0.15, 0.2) is 4.99 Å². The Kier molecular flexibility index (Phi) is 3.46. The van der Waals surface area contributed by atoms with Crippen molar-refractivity contribution < 1.29 is 5.11 Å². The smallest absolute Gasteiger partial charge is 0.188 e. The molecule has 4 nitrogen and oxygen atoms in total. The number of nitrogens with zero attached hydrogens (tertiary/aromatic N) is 1. The first-order valence-electron chi connectivity index (χ1n) is 6.00. The van der Waals surface area contributed by atoms with E-state index < -0.39 is 0 Å². The van der Waals surface area contributed by atoms with Gasteiger partial charge in [-0.25, -0.2) is 0 Å². The summed E-state index contributed by atoms with van der Waals surface area (Å²) in [6.07, 6.45) is 6.63. The summed E-state index contributed by atoms with van der Waals surface area (Å²) in [5.74, 6) is 0.869. The third kappa shape index (κ3) is 3.38. The number of nitrogens with two attached hydrogens (primary N) is 1. The number of aliphatic imine (C=N–C) groups is 1. The summed E-state index contributed by atoms with van der Waals surface area (Å²) in [5.41, 5.74) is 5.73. The quantitative estimate of drug-likeness (QED) is 0.473. The summed E-state index contributed by atoms with van der Waals surface area (Å²) in [5, 5.41) is 12.9. The predicted octanol–water partition coefficient (Wildman–Crippen LogP) is 0.604. The van der Waals surface area contributed by atoms with Gasteiger partial charge in [-0.2, -0.15) is 0 Å². The van der Waals surface area contributed by atoms with E-state index in [1.54, 1.807) is 0 Å². The summed E-state index contributed by atoms with van der Waals surface area (Å²) < 4.78 is 0. The first-order chi connectivity index (χ1) is 7.25. The molecule has 2 unspecified atom stereocenters. The van der Waals surface area contributed by atoms with Gasteiger partial charge in [-0.05, 0) is 25.7 Å². The Labute approximate surface area is 91.0 Å². The van der Waals surface area contributed by atoms with Gasteiger partial charge in [-0.1, -0.05) is 12.8 Å². The molecule has 0 spiro atoms. The van der Waals surface area contributed by atoms with Crippen LogP contribution in [0.5, 0.6) is 0 Å². The number of hydrogen-bond donors (Lipinski definition) is 3. The molecule has 4 heteroatoms. The molecule has 2 atom stereocenters. The van der Waals surface area contributed by atoms with Gasteiger partial charge in [-0.3, -0.25) is 4.99 Å². The second-order valence-corrected chi connectivity index (χ2v) is 4.76. The van der Waals surface area contributed by atoms with E-state index in [1.807, 2.05) is 0 Å². The lowest BCUT2D eigenvalue weighted by atomic mass is 9.87. The van der Waals surface area contributed by atoms with Gasteiger partial charge in [0, 0.05) is 18.5 Å². The Morgan fingerprint density at radius 2 is 2.00 bits per heavy atom. The molecule has 0 bridgehead atoms. The Bertz CT molecular complexity index is 238. The van der Waals surface area contributed by atoms with E-state index in [0.29, 0.717) is 24.5 Å². The molecule has 0 heterocycles. The van der Waals surface area contributed by atoms with Gasteiger partial charge < -0.3 is 16.2 Å². The molecule has 0 radical (unpaired) electrons. The SMILES string of the molecule is NC(=NCC1CCCCC1O)NC1CC1. The zero-order chi connectivity index (χ0) is 10.7. The number of aliphatic hydroxyl groups is 1. The molecule has 2 saturated carbocycles. The third-order valence-electron chi connectivity index (χ3n) is 3.29. The minimum Gasteiger partial charge on any atom is -0.393 e. The van der Waals surface area contributed by atoms with Crippen LogP contribution in [0.4, 0.5) is 0 Å². The highest BCUT2D eigenvalue weighted by Crippen LogP contribution is 2.24. The Morgan fingerprint density at radius 1 is 1.27 bits per heavy atom. The minimum absolute atomic E-state index is 0.170. The molecule has 2 rings (SSSR count). The van der Waals surface area contributed by atoms with Crippen molar-refractivity contribution >= 4 is 5.96 Å². The number of hydrogen-bond acceptors (Lipinski definition) is 2. The van der Waals surface area contributed by atoms with Gasteiger partial charge in [0.2, 0.25) is 0 Å². The van der Waals surface area contributed by atoms with Crippen molar-refractivity contribution in [1.82, 2.24) is 5.32 Å². The second kappa shape index (κ2) is 4.84. The van der Waals surface area contributed by atoms with Crippen LogP contribution in [0.3, 0.4) is 0 Å². The number of aliphatic hydroxyl groups excluding tert-OH is 1. The summed E-state index contributed by atoms with van der Waals surface area (Å²) >= 11 is 0. The van der Waals surface area contributed by atoms with Crippen LogP contribution in [0.2, 0.25) is 0 Å². The lowest BCUT2D eigenvalue weighted by molar-refractivity contribution is 0.0745. The maximum atomic E-state index is 9.75. The molecule has 2 fully saturated rings. The van der Waals surface area contributed by atoms with Crippen molar-refractivity contribution in [2.45, 2.75) is 50.7 Å². The number of rotatable bonds is 3. The molecule has 0 saturated heterocycles. The predicted molar refractivity (Wildman–Crippen MR) is 60.6 cm³/mol. The van der Waals surface area contributed by atoms with Crippen molar-refractivity contribution in [3.8, 4) is 0 Å². The first-order valence-corrected chi connectivity index (χ1v) is 6.00. The van der Waals surface area contributed by atoms with Crippen LogP contribution in [0, 0.1) is 5.92 Å². The van der Waals surface area contributed by atoms with Crippen LogP contribution < -0.4 is 11.1 Å². The average Bonchev–Trinajstić information content (AvgIpc) is 3.00. The van der Waals surface area contributed by atoms with Gasteiger partial charge in [0.05, 0.1) is 6.10 Å². The van der Waals surface area contributed by atoms with Crippen molar-refractivity contribution in [1.29, 1.82) is 0 Å². The molecule has 2 aliphatic carbocycles. The third-order valence-corrected chi connectivity index (χ3v) is 3.29. The highest BCUT2D eigenvalue weighted by atomic mass is 16.3. The molecule has 86 valence electrons. The van der Waals surface area contributed by atoms with Gasteiger partial charge in [0.1, 0.15) is 0 Å². The van der Waals surface area contributed by atoms with E-state index >= 15 is 0 Å². The van der Waals surface area contributed by atoms with E-state index in [4.69, 9.17) is 5.73 Å². The Morgan fingerprint density at radius 3 is 2.67 bits per heavy atom. The monoisotopic (exact) mass is 211 g/mol. The van der Waals surface area contributed by atoms with Gasteiger partial charge in [0.15, 0.2) is 5.96 Å².